The predicted molar refractivity (Wildman–Crippen MR) is 165 cm³/mol. The van der Waals surface area contributed by atoms with E-state index in [1.54, 1.807) is 38.1 Å². The molecule has 1 fully saturated rings. The number of benzene rings is 3. The molecule has 0 aliphatic heterocycles. The van der Waals surface area contributed by atoms with Crippen molar-refractivity contribution in [3.8, 4) is 5.75 Å². The molecule has 1 N–H and O–H groups in total. The summed E-state index contributed by atoms with van der Waals surface area (Å²) in [5.41, 5.74) is 1.05. The molecule has 1 saturated carbocycles. The number of halogens is 1. The van der Waals surface area contributed by atoms with Crippen LogP contribution in [0.15, 0.2) is 83.8 Å². The molecular formula is C32H38ClN3O5S. The van der Waals surface area contributed by atoms with Gasteiger partial charge in [-0.05, 0) is 68.7 Å². The highest BCUT2D eigenvalue weighted by atomic mass is 35.5. The number of anilines is 1. The molecule has 1 atom stereocenters. The molecule has 1 aliphatic carbocycles. The second kappa shape index (κ2) is 14.6. The first-order valence-corrected chi connectivity index (χ1v) is 16.2. The highest BCUT2D eigenvalue weighted by molar-refractivity contribution is 7.92. The van der Waals surface area contributed by atoms with Gasteiger partial charge in [-0.2, -0.15) is 0 Å². The number of hydrogen-bond acceptors (Lipinski definition) is 5. The second-order valence-corrected chi connectivity index (χ2v) is 12.7. The van der Waals surface area contributed by atoms with Crippen molar-refractivity contribution in [2.24, 2.45) is 0 Å². The summed E-state index contributed by atoms with van der Waals surface area (Å²) < 4.78 is 34.9. The summed E-state index contributed by atoms with van der Waals surface area (Å²) >= 11 is 6.03. The zero-order valence-electron chi connectivity index (χ0n) is 24.0. The van der Waals surface area contributed by atoms with E-state index in [4.69, 9.17) is 16.3 Å². The normalized spacial score (nSPS) is 14.5. The van der Waals surface area contributed by atoms with E-state index < -0.39 is 28.5 Å². The van der Waals surface area contributed by atoms with Gasteiger partial charge in [-0.3, -0.25) is 13.9 Å². The fourth-order valence-electron chi connectivity index (χ4n) is 5.12. The minimum Gasteiger partial charge on any atom is -0.492 e. The van der Waals surface area contributed by atoms with Gasteiger partial charge in [-0.1, -0.05) is 73.3 Å². The van der Waals surface area contributed by atoms with Crippen LogP contribution in [-0.4, -0.2) is 50.4 Å². The Morgan fingerprint density at radius 2 is 1.60 bits per heavy atom. The number of amides is 2. The molecular weight excluding hydrogens is 574 g/mol. The molecule has 3 aromatic carbocycles. The highest BCUT2D eigenvalue weighted by Gasteiger charge is 2.34. The Balaban J connectivity index is 1.70. The van der Waals surface area contributed by atoms with Crippen LogP contribution in [0.2, 0.25) is 5.02 Å². The quantitative estimate of drug-likeness (QED) is 0.279. The topological polar surface area (TPSA) is 96.0 Å². The number of para-hydroxylation sites is 2. The molecule has 8 nitrogen and oxygen atoms in total. The summed E-state index contributed by atoms with van der Waals surface area (Å²) in [5.74, 6) is -0.454. The van der Waals surface area contributed by atoms with Gasteiger partial charge in [0.05, 0.1) is 17.2 Å². The van der Waals surface area contributed by atoms with Crippen LogP contribution in [0.3, 0.4) is 0 Å². The van der Waals surface area contributed by atoms with E-state index in [9.17, 15) is 18.0 Å². The lowest BCUT2D eigenvalue weighted by molar-refractivity contribution is -0.139. The molecule has 3 aromatic rings. The van der Waals surface area contributed by atoms with Gasteiger partial charge in [0.2, 0.25) is 11.8 Å². The van der Waals surface area contributed by atoms with Crippen LogP contribution in [0.1, 0.15) is 51.5 Å². The van der Waals surface area contributed by atoms with E-state index in [0.717, 1.165) is 42.0 Å². The van der Waals surface area contributed by atoms with Gasteiger partial charge in [-0.15, -0.1) is 0 Å². The third-order valence-corrected chi connectivity index (χ3v) is 9.45. The van der Waals surface area contributed by atoms with Crippen molar-refractivity contribution < 1.29 is 22.7 Å². The number of carbonyl (C=O) groups is 2. The minimum absolute atomic E-state index is 0.0244. The molecule has 4 rings (SSSR count). The lowest BCUT2D eigenvalue weighted by Crippen LogP contribution is -2.53. The van der Waals surface area contributed by atoms with Crippen LogP contribution >= 0.6 is 11.6 Å². The number of sulfonamides is 1. The maximum Gasteiger partial charge on any atom is 0.264 e. The molecule has 1 aliphatic rings. The third kappa shape index (κ3) is 7.83. The van der Waals surface area contributed by atoms with E-state index in [2.05, 4.69) is 5.32 Å². The molecule has 0 radical (unpaired) electrons. The molecule has 2 amide bonds. The van der Waals surface area contributed by atoms with Gasteiger partial charge in [0.25, 0.3) is 10.0 Å². The van der Waals surface area contributed by atoms with Crippen molar-refractivity contribution in [2.45, 2.75) is 69.5 Å². The van der Waals surface area contributed by atoms with Gasteiger partial charge in [0, 0.05) is 17.6 Å². The first-order chi connectivity index (χ1) is 20.2. The van der Waals surface area contributed by atoms with Crippen LogP contribution in [0.5, 0.6) is 5.75 Å². The van der Waals surface area contributed by atoms with Gasteiger partial charge in [0.15, 0.2) is 0 Å². The second-order valence-electron chi connectivity index (χ2n) is 10.4. The molecule has 224 valence electrons. The first kappa shape index (κ1) is 31.4. The average Bonchev–Trinajstić information content (AvgIpc) is 3.00. The van der Waals surface area contributed by atoms with Crippen LogP contribution in [0, 0.1) is 0 Å². The molecule has 0 heterocycles. The molecule has 1 unspecified atom stereocenters. The molecule has 0 saturated heterocycles. The van der Waals surface area contributed by atoms with E-state index in [0.29, 0.717) is 17.4 Å². The van der Waals surface area contributed by atoms with Crippen LogP contribution in [-0.2, 0) is 26.2 Å². The lowest BCUT2D eigenvalue weighted by atomic mass is 9.95. The number of ether oxygens (including phenoxy) is 1. The first-order valence-electron chi connectivity index (χ1n) is 14.3. The fraction of sp³-hybridized carbons (Fsp3) is 0.375. The maximum atomic E-state index is 14.1. The van der Waals surface area contributed by atoms with Crippen LogP contribution in [0.25, 0.3) is 0 Å². The number of nitrogens with zero attached hydrogens (tertiary/aromatic N) is 2. The smallest absolute Gasteiger partial charge is 0.264 e. The lowest BCUT2D eigenvalue weighted by Gasteiger charge is -2.33. The highest BCUT2D eigenvalue weighted by Crippen LogP contribution is 2.33. The van der Waals surface area contributed by atoms with E-state index in [1.165, 1.54) is 29.2 Å². The van der Waals surface area contributed by atoms with Crippen molar-refractivity contribution in [2.75, 3.05) is 17.5 Å². The van der Waals surface area contributed by atoms with E-state index in [-0.39, 0.29) is 29.1 Å². The van der Waals surface area contributed by atoms with Crippen molar-refractivity contribution >= 4 is 39.1 Å². The molecule has 10 heteroatoms. The van der Waals surface area contributed by atoms with Crippen molar-refractivity contribution in [1.82, 2.24) is 10.2 Å². The summed E-state index contributed by atoms with van der Waals surface area (Å²) in [6.45, 7) is 3.39. The van der Waals surface area contributed by atoms with Gasteiger partial charge in [-0.25, -0.2) is 8.42 Å². The van der Waals surface area contributed by atoms with Crippen molar-refractivity contribution in [3.05, 3.63) is 89.4 Å². The van der Waals surface area contributed by atoms with Gasteiger partial charge in [0.1, 0.15) is 18.3 Å². The Morgan fingerprint density at radius 1 is 0.952 bits per heavy atom. The van der Waals surface area contributed by atoms with Gasteiger partial charge < -0.3 is 15.0 Å². The standard InChI is InChI=1S/C32H38ClN3O5S/c1-3-41-30-17-11-10-16-29(30)36(42(39,40)28-20-18-26(33)19-21-28)23-31(37)35(22-25-12-6-4-7-13-25)24(2)32(38)34-27-14-8-5-9-15-27/h4,6-7,10-13,16-21,24,27H,3,5,8-9,14-15,22-23H2,1-2H3,(H,34,38). The minimum atomic E-state index is -4.24. The summed E-state index contributed by atoms with van der Waals surface area (Å²) in [6.07, 6.45) is 5.09. The Morgan fingerprint density at radius 3 is 2.26 bits per heavy atom. The molecule has 0 bridgehead atoms. The fourth-order valence-corrected chi connectivity index (χ4v) is 6.67. The molecule has 42 heavy (non-hydrogen) atoms. The van der Waals surface area contributed by atoms with Gasteiger partial charge >= 0.3 is 0 Å². The predicted octanol–water partition coefficient (Wildman–Crippen LogP) is 5.80. The SMILES string of the molecule is CCOc1ccccc1N(CC(=O)N(Cc1ccccc1)C(C)C(=O)NC1CCCCC1)S(=O)(=O)c1ccc(Cl)cc1. The maximum absolute atomic E-state index is 14.1. The zero-order valence-corrected chi connectivity index (χ0v) is 25.6. The Hall–Kier alpha value is -3.56. The Labute approximate surface area is 253 Å². The van der Waals surface area contributed by atoms with Crippen LogP contribution < -0.4 is 14.4 Å². The van der Waals surface area contributed by atoms with E-state index in [1.807, 2.05) is 30.3 Å². The monoisotopic (exact) mass is 611 g/mol. The number of carbonyl (C=O) groups excluding carboxylic acids is 2. The van der Waals surface area contributed by atoms with Crippen LogP contribution in [0.4, 0.5) is 5.69 Å². The van der Waals surface area contributed by atoms with Crippen molar-refractivity contribution in [1.29, 1.82) is 0 Å². The number of rotatable bonds is 12. The Bertz CT molecular complexity index is 1440. The summed E-state index contributed by atoms with van der Waals surface area (Å²) in [4.78, 5) is 29.0. The summed E-state index contributed by atoms with van der Waals surface area (Å²) in [6, 6.07) is 21.1. The third-order valence-electron chi connectivity index (χ3n) is 7.43. The molecule has 0 spiro atoms. The number of hydrogen-bond donors (Lipinski definition) is 1. The average molecular weight is 612 g/mol. The summed E-state index contributed by atoms with van der Waals surface area (Å²) in [5, 5.41) is 3.50. The zero-order chi connectivity index (χ0) is 30.1. The largest absolute Gasteiger partial charge is 0.492 e. The Kier molecular flexibility index (Phi) is 10.9. The van der Waals surface area contributed by atoms with E-state index >= 15 is 0 Å². The molecule has 0 aromatic heterocycles. The summed E-state index contributed by atoms with van der Waals surface area (Å²) in [7, 11) is -4.24. The van der Waals surface area contributed by atoms with Crippen molar-refractivity contribution in [3.63, 3.8) is 0 Å². The number of nitrogens with one attached hydrogen (secondary N) is 1.